The van der Waals surface area contributed by atoms with Crippen LogP contribution in [0.3, 0.4) is 0 Å². The molecule has 1 N–H and O–H groups in total. The molecule has 0 amide bonds. The van der Waals surface area contributed by atoms with E-state index in [1.807, 2.05) is 0 Å². The second-order valence-corrected chi connectivity index (χ2v) is 11.0. The molecule has 4 nitrogen and oxygen atoms in total. The van der Waals surface area contributed by atoms with Crippen molar-refractivity contribution in [1.82, 2.24) is 5.32 Å². The van der Waals surface area contributed by atoms with Crippen LogP contribution in [0.5, 0.6) is 0 Å². The fourth-order valence-electron chi connectivity index (χ4n) is 7.96. The number of oxime groups is 1. The Kier molecular flexibility index (Phi) is 4.84. The van der Waals surface area contributed by atoms with Crippen LogP contribution in [0.25, 0.3) is 0 Å². The zero-order valence-electron chi connectivity index (χ0n) is 17.8. The van der Waals surface area contributed by atoms with Gasteiger partial charge in [-0.1, -0.05) is 19.0 Å². The predicted octanol–water partition coefficient (Wildman–Crippen LogP) is 4.72. The number of Topliss-reactive ketones (excluding diaryl/α,β-unsaturated/α-hetero) is 1. The van der Waals surface area contributed by atoms with Crippen molar-refractivity contribution in [3.8, 4) is 0 Å². The Labute approximate surface area is 170 Å². The highest BCUT2D eigenvalue weighted by atomic mass is 16.6. The summed E-state index contributed by atoms with van der Waals surface area (Å²) in [6.45, 7) is 6.99. The molecule has 5 fully saturated rings. The normalized spacial score (nSPS) is 48.1. The van der Waals surface area contributed by atoms with Gasteiger partial charge in [0, 0.05) is 11.8 Å². The molecule has 156 valence electrons. The lowest BCUT2D eigenvalue weighted by molar-refractivity contribution is -0.137. The van der Waals surface area contributed by atoms with Gasteiger partial charge in [0.2, 0.25) is 0 Å². The average Bonchev–Trinajstić information content (AvgIpc) is 3.02. The minimum absolute atomic E-state index is 0.00828. The van der Waals surface area contributed by atoms with Crippen LogP contribution in [0.2, 0.25) is 0 Å². The molecule has 0 radical (unpaired) electrons. The van der Waals surface area contributed by atoms with Crippen LogP contribution in [0.4, 0.5) is 0 Å². The first-order valence-corrected chi connectivity index (χ1v) is 12.0. The van der Waals surface area contributed by atoms with Gasteiger partial charge in [0.1, 0.15) is 11.9 Å². The maximum atomic E-state index is 12.6. The van der Waals surface area contributed by atoms with Crippen LogP contribution >= 0.6 is 0 Å². The summed E-state index contributed by atoms with van der Waals surface area (Å²) >= 11 is 0. The molecule has 0 bridgehead atoms. The van der Waals surface area contributed by atoms with Crippen molar-refractivity contribution < 1.29 is 9.63 Å². The molecule has 1 heterocycles. The van der Waals surface area contributed by atoms with Gasteiger partial charge in [0.15, 0.2) is 0 Å². The first-order chi connectivity index (χ1) is 13.5. The number of carbonyl (C=O) groups excluding carboxylic acids is 1. The van der Waals surface area contributed by atoms with Crippen LogP contribution in [0.1, 0.15) is 84.5 Å². The number of nitrogens with one attached hydrogen (secondary N) is 1. The molecule has 6 atom stereocenters. The largest absolute Gasteiger partial charge is 0.392 e. The Morgan fingerprint density at radius 1 is 0.964 bits per heavy atom. The number of nitrogens with zero attached hydrogens (tertiary/aromatic N) is 1. The monoisotopic (exact) mass is 386 g/mol. The van der Waals surface area contributed by atoms with E-state index in [4.69, 9.17) is 4.84 Å². The van der Waals surface area contributed by atoms with Crippen LogP contribution in [0.15, 0.2) is 5.16 Å². The van der Waals surface area contributed by atoms with Crippen LogP contribution in [-0.4, -0.2) is 30.7 Å². The average molecular weight is 387 g/mol. The molecule has 4 unspecified atom stereocenters. The van der Waals surface area contributed by atoms with Crippen molar-refractivity contribution in [1.29, 1.82) is 0 Å². The highest BCUT2D eigenvalue weighted by Gasteiger charge is 2.60. The van der Waals surface area contributed by atoms with Gasteiger partial charge in [-0.25, -0.2) is 0 Å². The summed E-state index contributed by atoms with van der Waals surface area (Å²) in [5.41, 5.74) is 1.77. The summed E-state index contributed by atoms with van der Waals surface area (Å²) in [5.74, 6) is 3.60. The molecule has 4 heteroatoms. The molecule has 0 aromatic heterocycles. The maximum absolute atomic E-state index is 12.6. The van der Waals surface area contributed by atoms with Gasteiger partial charge in [-0.15, -0.1) is 0 Å². The van der Waals surface area contributed by atoms with E-state index in [2.05, 4.69) is 24.3 Å². The third-order valence-electron chi connectivity index (χ3n) is 9.83. The van der Waals surface area contributed by atoms with Crippen molar-refractivity contribution in [2.75, 3.05) is 13.1 Å². The number of ketones is 1. The van der Waals surface area contributed by atoms with E-state index in [0.29, 0.717) is 23.2 Å². The van der Waals surface area contributed by atoms with Gasteiger partial charge in [-0.2, -0.15) is 0 Å². The number of piperidine rings is 1. The molecule has 0 aromatic rings. The second kappa shape index (κ2) is 7.11. The number of hydrogen-bond donors (Lipinski definition) is 1. The Balaban J connectivity index is 1.28. The molecule has 0 aromatic carbocycles. The molecule has 5 aliphatic rings. The Hall–Kier alpha value is -0.900. The van der Waals surface area contributed by atoms with Gasteiger partial charge in [0.25, 0.3) is 0 Å². The summed E-state index contributed by atoms with van der Waals surface area (Å²) in [6, 6.07) is 0. The van der Waals surface area contributed by atoms with Crippen molar-refractivity contribution in [3.05, 3.63) is 0 Å². The third kappa shape index (κ3) is 2.97. The summed E-state index contributed by atoms with van der Waals surface area (Å²) in [7, 11) is 0. The van der Waals surface area contributed by atoms with E-state index in [9.17, 15) is 4.79 Å². The molecule has 28 heavy (non-hydrogen) atoms. The second-order valence-electron chi connectivity index (χ2n) is 11.0. The van der Waals surface area contributed by atoms with Gasteiger partial charge < -0.3 is 10.2 Å². The Morgan fingerprint density at radius 3 is 2.61 bits per heavy atom. The molecule has 4 aliphatic carbocycles. The number of rotatable bonds is 2. The smallest absolute Gasteiger partial charge is 0.139 e. The van der Waals surface area contributed by atoms with Crippen molar-refractivity contribution in [2.24, 2.45) is 39.7 Å². The van der Waals surface area contributed by atoms with Crippen molar-refractivity contribution in [2.45, 2.75) is 90.6 Å². The van der Waals surface area contributed by atoms with Crippen LogP contribution < -0.4 is 5.32 Å². The highest BCUT2D eigenvalue weighted by molar-refractivity contribution is 5.87. The Morgan fingerprint density at radius 2 is 1.79 bits per heavy atom. The minimum atomic E-state index is 0.00828. The van der Waals surface area contributed by atoms with Crippen LogP contribution in [0, 0.1) is 34.5 Å². The molecule has 1 aliphatic heterocycles. The lowest BCUT2D eigenvalue weighted by Gasteiger charge is -2.59. The molecule has 1 saturated heterocycles. The zero-order valence-corrected chi connectivity index (χ0v) is 17.8. The topological polar surface area (TPSA) is 50.7 Å². The van der Waals surface area contributed by atoms with Gasteiger partial charge in [-0.3, -0.25) is 4.79 Å². The molecule has 4 saturated carbocycles. The van der Waals surface area contributed by atoms with Crippen molar-refractivity contribution in [3.63, 3.8) is 0 Å². The van der Waals surface area contributed by atoms with Crippen LogP contribution in [-0.2, 0) is 9.63 Å². The van der Waals surface area contributed by atoms with E-state index in [0.717, 1.165) is 75.8 Å². The minimum Gasteiger partial charge on any atom is -0.392 e. The summed E-state index contributed by atoms with van der Waals surface area (Å²) in [4.78, 5) is 18.5. The summed E-state index contributed by atoms with van der Waals surface area (Å²) < 4.78 is 0. The predicted molar refractivity (Wildman–Crippen MR) is 111 cm³/mol. The van der Waals surface area contributed by atoms with E-state index >= 15 is 0 Å². The number of carbonyl (C=O) groups is 1. The van der Waals surface area contributed by atoms with E-state index < -0.39 is 0 Å². The Bertz CT molecular complexity index is 655. The van der Waals surface area contributed by atoms with E-state index in [1.54, 1.807) is 0 Å². The number of fused-ring (bicyclic) bond motifs is 5. The third-order valence-corrected chi connectivity index (χ3v) is 9.83. The van der Waals surface area contributed by atoms with E-state index in [-0.39, 0.29) is 5.41 Å². The fourth-order valence-corrected chi connectivity index (χ4v) is 7.96. The van der Waals surface area contributed by atoms with Gasteiger partial charge >= 0.3 is 0 Å². The van der Waals surface area contributed by atoms with Gasteiger partial charge in [-0.05, 0) is 106 Å². The first-order valence-electron chi connectivity index (χ1n) is 12.0. The first kappa shape index (κ1) is 19.1. The molecular formula is C24H38N2O2. The lowest BCUT2D eigenvalue weighted by atomic mass is 9.45. The van der Waals surface area contributed by atoms with Gasteiger partial charge in [0.05, 0.1) is 5.71 Å². The zero-order chi connectivity index (χ0) is 19.4. The highest BCUT2D eigenvalue weighted by Crippen LogP contribution is 2.65. The van der Waals surface area contributed by atoms with E-state index in [1.165, 1.54) is 31.4 Å². The standard InChI is InChI=1S/C24H38N2O2/c1-23-11-7-17(26-28-18-9-13-25-14-10-18)15-16(23)3-4-19-20-5-6-22(27)24(20,2)12-8-21(19)23/h16,18-21,25H,3-15H2,1-2H3/t16?,19?,20?,21?,23-,24-/m0/s1. The SMILES string of the molecule is C[C@]12CCC(=NOC3CCNCC3)CC1CCC1C2CC[C@]2(C)C(=O)CCC12. The fraction of sp³-hybridized carbons (Fsp3) is 0.917. The molecular weight excluding hydrogens is 348 g/mol. The summed E-state index contributed by atoms with van der Waals surface area (Å²) in [6.07, 6.45) is 13.1. The van der Waals surface area contributed by atoms with Crippen molar-refractivity contribution >= 4 is 11.5 Å². The molecule has 5 rings (SSSR count). The number of hydrogen-bond acceptors (Lipinski definition) is 4. The lowest BCUT2D eigenvalue weighted by Crippen LogP contribution is -2.53. The quantitative estimate of drug-likeness (QED) is 0.699. The molecule has 0 spiro atoms. The summed E-state index contributed by atoms with van der Waals surface area (Å²) in [5, 5.41) is 8.04. The maximum Gasteiger partial charge on any atom is 0.139 e.